The van der Waals surface area contributed by atoms with E-state index in [2.05, 4.69) is 15.5 Å². The van der Waals surface area contributed by atoms with E-state index in [1.54, 1.807) is 36.4 Å². The summed E-state index contributed by atoms with van der Waals surface area (Å²) >= 11 is 0. The predicted molar refractivity (Wildman–Crippen MR) is 188 cm³/mol. The second-order valence-electron chi connectivity index (χ2n) is 11.5. The first-order valence-corrected chi connectivity index (χ1v) is 15.2. The number of hydrogen-bond acceptors (Lipinski definition) is 6. The van der Waals surface area contributed by atoms with Crippen LogP contribution < -0.4 is 10.6 Å². The maximum absolute atomic E-state index is 13.6. The Morgan fingerprint density at radius 3 is 1.43 bits per heavy atom. The smallest absolute Gasteiger partial charge is 0.187 e. The number of carbonyl (C=O) groups excluding carboxylic acids is 3. The van der Waals surface area contributed by atoms with E-state index >= 15 is 0 Å². The first-order valence-electron chi connectivity index (χ1n) is 15.2. The molecule has 230 valence electrons. The van der Waals surface area contributed by atoms with Crippen molar-refractivity contribution >= 4 is 40.9 Å². The molecule has 0 radical (unpaired) electrons. The van der Waals surface area contributed by atoms with Gasteiger partial charge in [0, 0.05) is 70.3 Å². The largest absolute Gasteiger partial charge is 0.359 e. The van der Waals surface area contributed by atoms with Gasteiger partial charge in [0.25, 0.3) is 0 Å². The summed E-state index contributed by atoms with van der Waals surface area (Å²) in [6, 6.07) is 33.9. The van der Waals surface area contributed by atoms with E-state index < -0.39 is 0 Å². The Hall–Kier alpha value is -5.59. The molecule has 6 heteroatoms. The third-order valence-corrected chi connectivity index (χ3v) is 7.41. The topological polar surface area (TPSA) is 78.5 Å². The summed E-state index contributed by atoms with van der Waals surface area (Å²) in [5, 5.41) is 6.59. The van der Waals surface area contributed by atoms with Crippen molar-refractivity contribution in [3.8, 4) is 0 Å². The van der Waals surface area contributed by atoms with Crippen LogP contribution in [0.4, 0.5) is 11.4 Å². The third-order valence-electron chi connectivity index (χ3n) is 7.41. The molecule has 0 unspecified atom stereocenters. The molecule has 5 rings (SSSR count). The molecule has 0 aromatic heterocycles. The lowest BCUT2D eigenvalue weighted by atomic mass is 9.94. The Morgan fingerprint density at radius 1 is 0.609 bits per heavy atom. The fourth-order valence-electron chi connectivity index (χ4n) is 5.32. The van der Waals surface area contributed by atoms with Crippen LogP contribution >= 0.6 is 0 Å². The lowest BCUT2D eigenvalue weighted by molar-refractivity contribution is -0.113. The molecule has 6 nitrogen and oxygen atoms in total. The van der Waals surface area contributed by atoms with Gasteiger partial charge in [-0.1, -0.05) is 84.9 Å². The summed E-state index contributed by atoms with van der Waals surface area (Å²) in [5.41, 5.74) is 7.57. The monoisotopic (exact) mass is 607 g/mol. The molecule has 46 heavy (non-hydrogen) atoms. The molecule has 0 aliphatic carbocycles. The molecule has 1 fully saturated rings. The number of hydrogen-bond donors (Lipinski definition) is 2. The first-order chi connectivity index (χ1) is 22.2. The van der Waals surface area contributed by atoms with E-state index in [0.717, 1.165) is 33.9 Å². The summed E-state index contributed by atoms with van der Waals surface area (Å²) < 4.78 is 0. The Labute approximate surface area is 270 Å². The molecule has 1 heterocycles. The maximum Gasteiger partial charge on any atom is 0.187 e. The van der Waals surface area contributed by atoms with Crippen LogP contribution in [-0.2, 0) is 4.79 Å². The van der Waals surface area contributed by atoms with Gasteiger partial charge in [-0.2, -0.15) is 0 Å². The fourth-order valence-corrected chi connectivity index (χ4v) is 5.32. The van der Waals surface area contributed by atoms with Gasteiger partial charge in [-0.15, -0.1) is 0 Å². The highest BCUT2D eigenvalue weighted by molar-refractivity contribution is 6.14. The van der Waals surface area contributed by atoms with E-state index in [1.165, 1.54) is 0 Å². The van der Waals surface area contributed by atoms with Gasteiger partial charge in [-0.05, 0) is 68.4 Å². The van der Waals surface area contributed by atoms with Crippen LogP contribution in [0.3, 0.4) is 0 Å². The Balaban J connectivity index is 1.29. The molecule has 2 N–H and O–H groups in total. The molecule has 1 aliphatic heterocycles. The van der Waals surface area contributed by atoms with Crippen LogP contribution in [0.5, 0.6) is 0 Å². The number of Topliss-reactive ketones (excluding diaryl/α,β-unsaturated/α-hetero) is 1. The molecule has 1 aliphatic rings. The van der Waals surface area contributed by atoms with E-state index in [4.69, 9.17) is 0 Å². The standard InChI is InChI=1S/C40H37N3O3/c1-28(20-38(44)32-14-6-4-7-15-32)41-36-18-10-12-30(24-36)22-34-26-43(3)27-35(40(34)46)23-31-13-11-19-37(25-31)42-29(2)21-39(45)33-16-8-5-9-17-33/h4-25,41-42H,26-27H2,1-3H3/b28-20-,29-21+,34-22+,35-23+. The molecular weight excluding hydrogens is 570 g/mol. The van der Waals surface area contributed by atoms with Crippen LogP contribution in [0.2, 0.25) is 0 Å². The third kappa shape index (κ3) is 8.74. The van der Waals surface area contributed by atoms with E-state index in [0.29, 0.717) is 35.4 Å². The Morgan fingerprint density at radius 2 is 1.02 bits per heavy atom. The minimum atomic E-state index is -0.0647. The summed E-state index contributed by atoms with van der Waals surface area (Å²) in [5.74, 6) is -0.112. The van der Waals surface area contributed by atoms with Crippen molar-refractivity contribution in [1.29, 1.82) is 0 Å². The van der Waals surface area contributed by atoms with Gasteiger partial charge >= 0.3 is 0 Å². The summed E-state index contributed by atoms with van der Waals surface area (Å²) in [6.45, 7) is 4.79. The number of anilines is 2. The zero-order valence-electron chi connectivity index (χ0n) is 26.3. The summed E-state index contributed by atoms with van der Waals surface area (Å²) in [7, 11) is 2.00. The van der Waals surface area contributed by atoms with Crippen molar-refractivity contribution in [3.05, 3.63) is 166 Å². The average molecular weight is 608 g/mol. The van der Waals surface area contributed by atoms with Crippen molar-refractivity contribution in [2.75, 3.05) is 30.8 Å². The summed E-state index contributed by atoms with van der Waals surface area (Å²) in [4.78, 5) is 40.9. The lowest BCUT2D eigenvalue weighted by Crippen LogP contribution is -2.34. The van der Waals surface area contributed by atoms with E-state index in [-0.39, 0.29) is 17.3 Å². The zero-order chi connectivity index (χ0) is 32.5. The van der Waals surface area contributed by atoms with Gasteiger partial charge in [0.2, 0.25) is 0 Å². The van der Waals surface area contributed by atoms with Crippen LogP contribution in [0, 0.1) is 0 Å². The molecule has 0 amide bonds. The maximum atomic E-state index is 13.6. The van der Waals surface area contributed by atoms with Gasteiger partial charge in [0.05, 0.1) is 0 Å². The lowest BCUT2D eigenvalue weighted by Gasteiger charge is -2.26. The number of piperidine rings is 1. The quantitative estimate of drug-likeness (QED) is 0.140. The van der Waals surface area contributed by atoms with Crippen LogP contribution in [0.25, 0.3) is 12.2 Å². The number of likely N-dealkylation sites (tertiary alicyclic amines) is 1. The molecular formula is C40H37N3O3. The fraction of sp³-hybridized carbons (Fsp3) is 0.125. The molecule has 4 aromatic carbocycles. The minimum absolute atomic E-state index is 0.0175. The predicted octanol–water partition coefficient (Wildman–Crippen LogP) is 8.07. The van der Waals surface area contributed by atoms with E-state index in [1.807, 2.05) is 118 Å². The van der Waals surface area contributed by atoms with Crippen molar-refractivity contribution in [1.82, 2.24) is 4.90 Å². The molecule has 0 spiro atoms. The normalized spacial score (nSPS) is 16.0. The number of ketones is 3. The molecule has 4 aromatic rings. The van der Waals surface area contributed by atoms with Crippen LogP contribution in [-0.4, -0.2) is 42.4 Å². The number of allylic oxidation sites excluding steroid dienone is 4. The number of benzene rings is 4. The molecule has 1 saturated heterocycles. The Bertz CT molecular complexity index is 1730. The Kier molecular flexibility index (Phi) is 10.3. The van der Waals surface area contributed by atoms with Gasteiger partial charge in [-0.3, -0.25) is 19.3 Å². The number of likely N-dealkylation sites (N-methyl/N-ethyl adjacent to an activating group) is 1. The highest BCUT2D eigenvalue weighted by atomic mass is 16.1. The van der Waals surface area contributed by atoms with Crippen molar-refractivity contribution < 1.29 is 14.4 Å². The SMILES string of the molecule is C/C(=C/C(=O)c1ccccc1)Nc1cccc(/C=C2\CN(C)C/C(=C\c3cccc(N/C(C)=C/C(=O)c4ccccc4)c3)C2=O)c1. The molecule has 0 saturated carbocycles. The average Bonchev–Trinajstić information content (AvgIpc) is 3.04. The van der Waals surface area contributed by atoms with Gasteiger partial charge in [0.15, 0.2) is 17.3 Å². The summed E-state index contributed by atoms with van der Waals surface area (Å²) in [6.07, 6.45) is 7.04. The number of nitrogens with one attached hydrogen (secondary N) is 2. The number of carbonyl (C=O) groups is 3. The second kappa shape index (κ2) is 14.9. The van der Waals surface area contributed by atoms with Crippen LogP contribution in [0.1, 0.15) is 45.7 Å². The van der Waals surface area contributed by atoms with Crippen molar-refractivity contribution in [3.63, 3.8) is 0 Å². The van der Waals surface area contributed by atoms with Crippen molar-refractivity contribution in [2.45, 2.75) is 13.8 Å². The zero-order valence-corrected chi connectivity index (χ0v) is 26.3. The van der Waals surface area contributed by atoms with E-state index in [9.17, 15) is 14.4 Å². The van der Waals surface area contributed by atoms with Crippen LogP contribution in [0.15, 0.2) is 144 Å². The molecule has 0 atom stereocenters. The molecule has 0 bridgehead atoms. The number of nitrogens with zero attached hydrogens (tertiary/aromatic N) is 1. The highest BCUT2D eigenvalue weighted by Gasteiger charge is 2.24. The van der Waals surface area contributed by atoms with Gasteiger partial charge < -0.3 is 10.6 Å². The van der Waals surface area contributed by atoms with Crippen molar-refractivity contribution in [2.24, 2.45) is 0 Å². The highest BCUT2D eigenvalue weighted by Crippen LogP contribution is 2.24. The second-order valence-corrected chi connectivity index (χ2v) is 11.5. The van der Waals surface area contributed by atoms with Gasteiger partial charge in [-0.25, -0.2) is 0 Å². The van der Waals surface area contributed by atoms with Gasteiger partial charge in [0.1, 0.15) is 0 Å². The first kappa shape index (κ1) is 31.8. The number of rotatable bonds is 10. The minimum Gasteiger partial charge on any atom is -0.359 e.